The zero-order valence-electron chi connectivity index (χ0n) is 12.4. The van der Waals surface area contributed by atoms with Crippen LogP contribution in [0.4, 0.5) is 15.8 Å². The first kappa shape index (κ1) is 17.0. The summed E-state index contributed by atoms with van der Waals surface area (Å²) in [5, 5.41) is 3.25. The molecule has 114 valence electrons. The van der Waals surface area contributed by atoms with E-state index in [4.69, 9.17) is 10.5 Å². The molecule has 0 radical (unpaired) electrons. The van der Waals surface area contributed by atoms with E-state index >= 15 is 0 Å². The van der Waals surface area contributed by atoms with E-state index in [2.05, 4.69) is 11.6 Å². The second kappa shape index (κ2) is 9.75. The van der Waals surface area contributed by atoms with Gasteiger partial charge in [-0.1, -0.05) is 12.8 Å². The van der Waals surface area contributed by atoms with Crippen molar-refractivity contribution in [2.75, 3.05) is 36.2 Å². The van der Waals surface area contributed by atoms with Crippen LogP contribution in [0.2, 0.25) is 0 Å². The molecule has 0 aliphatic rings. The summed E-state index contributed by atoms with van der Waals surface area (Å²) in [6.45, 7) is 3.12. The van der Waals surface area contributed by atoms with Crippen molar-refractivity contribution in [3.8, 4) is 5.75 Å². The smallest absolute Gasteiger partial charge is 0.167 e. The van der Waals surface area contributed by atoms with Crippen LogP contribution < -0.4 is 15.8 Å². The Kier molecular flexibility index (Phi) is 8.26. The first-order valence-electron chi connectivity index (χ1n) is 7.13. The summed E-state index contributed by atoms with van der Waals surface area (Å²) in [6, 6.07) is 2.95. The number of nitrogens with one attached hydrogen (secondary N) is 1. The molecule has 0 atom stereocenters. The molecule has 1 aromatic carbocycles. The van der Waals surface area contributed by atoms with Gasteiger partial charge in [0, 0.05) is 18.7 Å². The van der Waals surface area contributed by atoms with Crippen LogP contribution in [0, 0.1) is 5.82 Å². The molecule has 3 nitrogen and oxygen atoms in total. The normalized spacial score (nSPS) is 10.6. The zero-order chi connectivity index (χ0) is 14.8. The Bertz CT molecular complexity index is 402. The van der Waals surface area contributed by atoms with Crippen molar-refractivity contribution in [2.24, 2.45) is 0 Å². The number of rotatable bonds is 10. The number of unbranched alkanes of at least 4 members (excludes halogenated alkanes) is 3. The van der Waals surface area contributed by atoms with Crippen LogP contribution in [-0.2, 0) is 0 Å². The number of thioether (sulfide) groups is 1. The quantitative estimate of drug-likeness (QED) is 0.503. The van der Waals surface area contributed by atoms with Gasteiger partial charge in [0.1, 0.15) is 0 Å². The molecule has 5 heteroatoms. The van der Waals surface area contributed by atoms with Crippen molar-refractivity contribution in [1.29, 1.82) is 0 Å². The molecule has 0 aliphatic heterocycles. The molecule has 1 aromatic rings. The van der Waals surface area contributed by atoms with E-state index in [9.17, 15) is 4.39 Å². The van der Waals surface area contributed by atoms with Gasteiger partial charge in [-0.05, 0) is 31.8 Å². The van der Waals surface area contributed by atoms with Crippen molar-refractivity contribution in [1.82, 2.24) is 0 Å². The Morgan fingerprint density at radius 2 is 2.00 bits per heavy atom. The summed E-state index contributed by atoms with van der Waals surface area (Å²) in [5.74, 6) is 1.08. The summed E-state index contributed by atoms with van der Waals surface area (Å²) in [7, 11) is 0. The highest BCUT2D eigenvalue weighted by atomic mass is 32.2. The van der Waals surface area contributed by atoms with Crippen LogP contribution >= 0.6 is 11.8 Å². The summed E-state index contributed by atoms with van der Waals surface area (Å²) >= 11 is 1.89. The van der Waals surface area contributed by atoms with Crippen LogP contribution in [-0.4, -0.2) is 25.2 Å². The number of hydrogen-bond acceptors (Lipinski definition) is 4. The Morgan fingerprint density at radius 1 is 1.25 bits per heavy atom. The number of nitrogens with two attached hydrogens (primary N) is 1. The van der Waals surface area contributed by atoms with Gasteiger partial charge in [-0.3, -0.25) is 0 Å². The van der Waals surface area contributed by atoms with E-state index in [1.165, 1.54) is 31.1 Å². The molecule has 0 saturated heterocycles. The summed E-state index contributed by atoms with van der Waals surface area (Å²) in [6.07, 6.45) is 6.96. The van der Waals surface area contributed by atoms with Gasteiger partial charge in [-0.15, -0.1) is 0 Å². The third-order valence-corrected chi connectivity index (χ3v) is 3.69. The largest absolute Gasteiger partial charge is 0.491 e. The number of hydrogen-bond donors (Lipinski definition) is 2. The molecule has 0 heterocycles. The zero-order valence-corrected chi connectivity index (χ0v) is 13.2. The molecule has 0 spiro atoms. The Balaban J connectivity index is 2.37. The van der Waals surface area contributed by atoms with Gasteiger partial charge in [0.2, 0.25) is 0 Å². The molecule has 0 aliphatic carbocycles. The monoisotopic (exact) mass is 300 g/mol. The summed E-state index contributed by atoms with van der Waals surface area (Å²) < 4.78 is 18.8. The van der Waals surface area contributed by atoms with Gasteiger partial charge in [0.05, 0.1) is 18.0 Å². The minimum atomic E-state index is -0.410. The van der Waals surface area contributed by atoms with E-state index in [0.717, 1.165) is 18.7 Å². The minimum absolute atomic E-state index is 0.254. The van der Waals surface area contributed by atoms with Gasteiger partial charge in [0.25, 0.3) is 0 Å². The highest BCUT2D eigenvalue weighted by Crippen LogP contribution is 2.28. The predicted octanol–water partition coefficient (Wildman–Crippen LogP) is 4.14. The molecule has 0 bridgehead atoms. The molecular formula is C15H25FN2OS. The van der Waals surface area contributed by atoms with Gasteiger partial charge >= 0.3 is 0 Å². The lowest BCUT2D eigenvalue weighted by Gasteiger charge is -2.12. The minimum Gasteiger partial charge on any atom is -0.491 e. The van der Waals surface area contributed by atoms with Crippen molar-refractivity contribution >= 4 is 23.1 Å². The number of anilines is 2. The highest BCUT2D eigenvalue weighted by Gasteiger charge is 2.08. The van der Waals surface area contributed by atoms with Crippen LogP contribution in [0.1, 0.15) is 32.6 Å². The van der Waals surface area contributed by atoms with E-state index in [1.807, 2.05) is 18.7 Å². The van der Waals surface area contributed by atoms with Crippen molar-refractivity contribution in [3.05, 3.63) is 17.9 Å². The van der Waals surface area contributed by atoms with Gasteiger partial charge < -0.3 is 15.8 Å². The lowest BCUT2D eigenvalue weighted by Crippen LogP contribution is -2.06. The van der Waals surface area contributed by atoms with E-state index in [-0.39, 0.29) is 5.75 Å². The van der Waals surface area contributed by atoms with Crippen LogP contribution in [0.5, 0.6) is 5.75 Å². The average molecular weight is 300 g/mol. The first-order valence-corrected chi connectivity index (χ1v) is 8.53. The molecule has 0 saturated carbocycles. The van der Waals surface area contributed by atoms with E-state index in [1.54, 1.807) is 6.07 Å². The maximum Gasteiger partial charge on any atom is 0.167 e. The maximum atomic E-state index is 13.5. The number of nitrogen functional groups attached to an aromatic ring is 1. The highest BCUT2D eigenvalue weighted by molar-refractivity contribution is 7.98. The van der Waals surface area contributed by atoms with E-state index < -0.39 is 5.82 Å². The Morgan fingerprint density at radius 3 is 2.70 bits per heavy atom. The lowest BCUT2D eigenvalue weighted by atomic mass is 10.2. The number of ether oxygens (including phenoxy) is 1. The number of benzene rings is 1. The average Bonchev–Trinajstić information content (AvgIpc) is 2.42. The number of halogens is 1. The molecule has 1 rings (SSSR count). The van der Waals surface area contributed by atoms with Crippen molar-refractivity contribution in [2.45, 2.75) is 32.6 Å². The molecule has 0 unspecified atom stereocenters. The Labute approximate surface area is 125 Å². The fourth-order valence-electron chi connectivity index (χ4n) is 1.94. The molecule has 0 aromatic heterocycles. The summed E-state index contributed by atoms with van der Waals surface area (Å²) in [5.41, 5.74) is 6.98. The molecular weight excluding hydrogens is 275 g/mol. The van der Waals surface area contributed by atoms with Crippen LogP contribution in [0.15, 0.2) is 12.1 Å². The SMILES string of the molecule is CCOc1cc(NCCCCCCSC)c(N)cc1F. The standard InChI is InChI=1S/C15H25FN2OS/c1-3-19-15-11-14(13(17)10-12(15)16)18-8-6-4-5-7-9-20-2/h10-11,18H,3-9,17H2,1-2H3. The summed E-state index contributed by atoms with van der Waals surface area (Å²) in [4.78, 5) is 0. The molecule has 0 fully saturated rings. The van der Waals surface area contributed by atoms with Crippen LogP contribution in [0.25, 0.3) is 0 Å². The Hall–Kier alpha value is -1.10. The van der Waals surface area contributed by atoms with Gasteiger partial charge in [-0.25, -0.2) is 4.39 Å². The topological polar surface area (TPSA) is 47.3 Å². The first-order chi connectivity index (χ1) is 9.69. The molecule has 3 N–H and O–H groups in total. The molecule has 20 heavy (non-hydrogen) atoms. The van der Waals surface area contributed by atoms with Crippen molar-refractivity contribution < 1.29 is 9.13 Å². The fourth-order valence-corrected chi connectivity index (χ4v) is 2.43. The van der Waals surface area contributed by atoms with Crippen LogP contribution in [0.3, 0.4) is 0 Å². The maximum absolute atomic E-state index is 13.5. The van der Waals surface area contributed by atoms with E-state index in [0.29, 0.717) is 12.3 Å². The van der Waals surface area contributed by atoms with Gasteiger partial charge in [0.15, 0.2) is 11.6 Å². The predicted molar refractivity (Wildman–Crippen MR) is 87.3 cm³/mol. The third-order valence-electron chi connectivity index (χ3n) is 2.99. The second-order valence-electron chi connectivity index (χ2n) is 4.64. The second-order valence-corrected chi connectivity index (χ2v) is 5.62. The fraction of sp³-hybridized carbons (Fsp3) is 0.600. The lowest BCUT2D eigenvalue weighted by molar-refractivity contribution is 0.322. The van der Waals surface area contributed by atoms with Crippen molar-refractivity contribution in [3.63, 3.8) is 0 Å². The third kappa shape index (κ3) is 5.90. The van der Waals surface area contributed by atoms with Gasteiger partial charge in [-0.2, -0.15) is 11.8 Å². The molecule has 0 amide bonds.